The second-order valence-electron chi connectivity index (χ2n) is 0.842. The summed E-state index contributed by atoms with van der Waals surface area (Å²) in [5, 5.41) is -3.93. The molecule has 0 rings (SSSR count). The van der Waals surface area contributed by atoms with Gasteiger partial charge in [-0.15, -0.1) is 13.2 Å². The zero-order valence-electron chi connectivity index (χ0n) is 4.38. The van der Waals surface area contributed by atoms with Gasteiger partial charge in [-0.05, 0) is 11.6 Å². The summed E-state index contributed by atoms with van der Waals surface area (Å²) in [4.78, 5) is 0. The third kappa shape index (κ3) is 8.11. The number of halogens is 5. The van der Waals surface area contributed by atoms with Gasteiger partial charge >= 0.3 is 5.38 Å². The molecule has 0 saturated carbocycles. The minimum absolute atomic E-state index is 2.80. The fourth-order valence-corrected chi connectivity index (χ4v) is 0. The van der Waals surface area contributed by atoms with Crippen LogP contribution < -0.4 is 0 Å². The molecule has 0 aromatic carbocycles. The van der Waals surface area contributed by atoms with Crippen molar-refractivity contribution >= 4 is 23.2 Å². The summed E-state index contributed by atoms with van der Waals surface area (Å²) in [5.41, 5.74) is -2.80. The van der Waals surface area contributed by atoms with Crippen molar-refractivity contribution in [1.29, 1.82) is 0 Å². The van der Waals surface area contributed by atoms with E-state index < -0.39 is 11.0 Å². The summed E-state index contributed by atoms with van der Waals surface area (Å²) in [6.07, 6.45) is 0. The third-order valence-corrected chi connectivity index (χ3v) is 0.825. The summed E-state index contributed by atoms with van der Waals surface area (Å²) >= 11 is 8.23. The lowest BCUT2D eigenvalue weighted by Gasteiger charge is -2.03. The zero-order chi connectivity index (χ0) is 8.08. The van der Waals surface area contributed by atoms with E-state index in [0.717, 1.165) is 0 Å². The average molecular weight is 181 g/mol. The molecule has 0 spiro atoms. The lowest BCUT2D eigenvalue weighted by atomic mass is 10.8. The molecule has 0 aliphatic carbocycles. The van der Waals surface area contributed by atoms with Gasteiger partial charge in [0.2, 0.25) is 0 Å². The Labute approximate surface area is 61.3 Å². The Hall–Kier alpha value is 0.110. The first-order valence-corrected chi connectivity index (χ1v) is 2.61. The highest BCUT2D eigenvalue weighted by Gasteiger charge is 2.35. The van der Waals surface area contributed by atoms with Gasteiger partial charge in [0.15, 0.2) is 0 Å². The van der Waals surface area contributed by atoms with E-state index in [9.17, 15) is 13.2 Å². The summed E-state index contributed by atoms with van der Waals surface area (Å²) in [5.74, 6) is 0. The fraction of sp³-hybridized carbons (Fsp3) is 0.500. The van der Waals surface area contributed by atoms with Crippen molar-refractivity contribution < 1.29 is 13.2 Å². The maximum absolute atomic E-state index is 11.1. The van der Waals surface area contributed by atoms with Crippen LogP contribution in [-0.2, 0) is 0 Å². The lowest BCUT2D eigenvalue weighted by Crippen LogP contribution is -2.16. The van der Waals surface area contributed by atoms with Crippen LogP contribution in [0.25, 0.3) is 0 Å². The lowest BCUT2D eigenvalue weighted by molar-refractivity contribution is 0.0451. The molecular formula is C4H5Cl2F3. The largest absolute Gasteiger partial charge is 0.366 e. The summed E-state index contributed by atoms with van der Waals surface area (Å²) in [6, 6.07) is 0. The molecule has 0 heterocycles. The maximum atomic E-state index is 11.1. The second-order valence-corrected chi connectivity index (χ2v) is 1.73. The Kier molecular flexibility index (Phi) is 6.51. The number of hydrogen-bond donors (Lipinski definition) is 0. The van der Waals surface area contributed by atoms with E-state index in [1.54, 1.807) is 0 Å². The molecule has 1 atom stereocenters. The van der Waals surface area contributed by atoms with Crippen LogP contribution in [0.15, 0.2) is 13.2 Å². The molecule has 9 heavy (non-hydrogen) atoms. The number of rotatable bonds is 1. The summed E-state index contributed by atoms with van der Waals surface area (Å²) < 4.78 is 33.3. The van der Waals surface area contributed by atoms with Crippen LogP contribution in [0, 0.1) is 0 Å². The van der Waals surface area contributed by atoms with E-state index in [1.165, 1.54) is 0 Å². The number of alkyl halides is 5. The first-order valence-electron chi connectivity index (χ1n) is 1.79. The SMILES string of the molecule is C=C.FC(Cl)C(F)(F)Cl. The molecule has 0 aromatic rings. The molecule has 0 fully saturated rings. The molecule has 1 unspecified atom stereocenters. The Morgan fingerprint density at radius 2 is 1.44 bits per heavy atom. The van der Waals surface area contributed by atoms with Crippen molar-refractivity contribution in [1.82, 2.24) is 0 Å². The molecule has 0 aliphatic heterocycles. The van der Waals surface area contributed by atoms with Gasteiger partial charge in [0.25, 0.3) is 5.63 Å². The Balaban J connectivity index is 0. The van der Waals surface area contributed by atoms with Crippen molar-refractivity contribution in [3.8, 4) is 0 Å². The first kappa shape index (κ1) is 11.9. The predicted octanol–water partition coefficient (Wildman–Crippen LogP) is 3.15. The molecule has 0 saturated heterocycles. The molecule has 0 radical (unpaired) electrons. The Bertz CT molecular complexity index is 68.7. The van der Waals surface area contributed by atoms with E-state index in [1.807, 2.05) is 0 Å². The monoisotopic (exact) mass is 180 g/mol. The van der Waals surface area contributed by atoms with Gasteiger partial charge in [-0.2, -0.15) is 8.78 Å². The van der Waals surface area contributed by atoms with Crippen molar-refractivity contribution in [2.45, 2.75) is 11.0 Å². The third-order valence-electron chi connectivity index (χ3n) is 0.247. The van der Waals surface area contributed by atoms with Gasteiger partial charge in [0, 0.05) is 0 Å². The van der Waals surface area contributed by atoms with Gasteiger partial charge in [0.1, 0.15) is 0 Å². The quantitative estimate of drug-likeness (QED) is 0.430. The van der Waals surface area contributed by atoms with Gasteiger partial charge in [-0.3, -0.25) is 0 Å². The molecule has 0 bridgehead atoms. The van der Waals surface area contributed by atoms with Crippen LogP contribution >= 0.6 is 23.2 Å². The molecule has 0 N–H and O–H groups in total. The smallest absolute Gasteiger partial charge is 0.222 e. The highest BCUT2D eigenvalue weighted by Crippen LogP contribution is 2.28. The van der Waals surface area contributed by atoms with Gasteiger partial charge in [-0.25, -0.2) is 4.39 Å². The summed E-state index contributed by atoms with van der Waals surface area (Å²) in [7, 11) is 0. The molecule has 5 heteroatoms. The molecule has 0 nitrogen and oxygen atoms in total. The van der Waals surface area contributed by atoms with Crippen LogP contribution in [0.1, 0.15) is 0 Å². The number of hydrogen-bond acceptors (Lipinski definition) is 0. The van der Waals surface area contributed by atoms with Crippen LogP contribution in [0.5, 0.6) is 0 Å². The fourth-order valence-electron chi connectivity index (χ4n) is 0. The van der Waals surface area contributed by atoms with Crippen LogP contribution in [0.2, 0.25) is 0 Å². The zero-order valence-corrected chi connectivity index (χ0v) is 5.89. The minimum Gasteiger partial charge on any atom is -0.222 e. The van der Waals surface area contributed by atoms with E-state index in [2.05, 4.69) is 36.4 Å². The van der Waals surface area contributed by atoms with Crippen molar-refractivity contribution in [3.05, 3.63) is 13.2 Å². The van der Waals surface area contributed by atoms with Crippen LogP contribution in [0.3, 0.4) is 0 Å². The van der Waals surface area contributed by atoms with Gasteiger partial charge < -0.3 is 0 Å². The molecule has 56 valence electrons. The topological polar surface area (TPSA) is 0 Å². The van der Waals surface area contributed by atoms with Crippen LogP contribution in [0.4, 0.5) is 13.2 Å². The molecule has 0 aliphatic rings. The Morgan fingerprint density at radius 3 is 1.44 bits per heavy atom. The second kappa shape index (κ2) is 4.94. The van der Waals surface area contributed by atoms with E-state index >= 15 is 0 Å². The standard InChI is InChI=1S/C2HCl2F3.C2H4/c3-1(5)2(4,6)7;1-2/h1H;1-2H2. The van der Waals surface area contributed by atoms with Crippen molar-refractivity contribution in [2.75, 3.05) is 0 Å². The molecular weight excluding hydrogens is 176 g/mol. The highest BCUT2D eigenvalue weighted by molar-refractivity contribution is 6.30. The van der Waals surface area contributed by atoms with Crippen molar-refractivity contribution in [3.63, 3.8) is 0 Å². The predicted molar refractivity (Wildman–Crippen MR) is 32.8 cm³/mol. The normalized spacial score (nSPS) is 13.4. The molecule has 0 aromatic heterocycles. The highest BCUT2D eigenvalue weighted by atomic mass is 35.5. The van der Waals surface area contributed by atoms with E-state index in [0.29, 0.717) is 0 Å². The van der Waals surface area contributed by atoms with Crippen molar-refractivity contribution in [2.24, 2.45) is 0 Å². The maximum Gasteiger partial charge on any atom is 0.366 e. The average Bonchev–Trinajstić information content (AvgIpc) is 1.69. The first-order chi connectivity index (χ1) is 3.94. The Morgan fingerprint density at radius 1 is 1.33 bits per heavy atom. The van der Waals surface area contributed by atoms with Gasteiger partial charge in [-0.1, -0.05) is 11.6 Å². The molecule has 0 amide bonds. The summed E-state index contributed by atoms with van der Waals surface area (Å²) in [6.45, 7) is 6.00. The minimum atomic E-state index is -3.93. The van der Waals surface area contributed by atoms with Crippen LogP contribution in [-0.4, -0.2) is 11.0 Å². The van der Waals surface area contributed by atoms with E-state index in [4.69, 9.17) is 0 Å². The van der Waals surface area contributed by atoms with E-state index in [-0.39, 0.29) is 0 Å². The van der Waals surface area contributed by atoms with Gasteiger partial charge in [0.05, 0.1) is 0 Å².